The van der Waals surface area contributed by atoms with Gasteiger partial charge in [0.05, 0.1) is 36.3 Å². The number of esters is 1. The first-order valence-corrected chi connectivity index (χ1v) is 10.5. The Morgan fingerprint density at radius 2 is 1.59 bits per heavy atom. The molecule has 0 unspecified atom stereocenters. The first-order valence-electron chi connectivity index (χ1n) is 10.5. The molecule has 168 valence electrons. The normalized spacial score (nSPS) is 12.8. The van der Waals surface area contributed by atoms with Crippen LogP contribution in [0.1, 0.15) is 38.3 Å². The highest BCUT2D eigenvalue weighted by molar-refractivity contribution is 6.21. The fourth-order valence-electron chi connectivity index (χ4n) is 3.64. The Kier molecular flexibility index (Phi) is 6.51. The van der Waals surface area contributed by atoms with E-state index in [1.807, 2.05) is 30.3 Å². The summed E-state index contributed by atoms with van der Waals surface area (Å²) >= 11 is 0. The number of carbonyl (C=O) groups excluding carboxylic acids is 3. The number of ether oxygens (including phenoxy) is 2. The minimum atomic E-state index is -0.611. The fourth-order valence-corrected chi connectivity index (χ4v) is 3.64. The molecule has 7 heteroatoms. The molecule has 1 heterocycles. The van der Waals surface area contributed by atoms with Gasteiger partial charge in [0.15, 0.2) is 11.5 Å². The molecule has 0 spiro atoms. The van der Waals surface area contributed by atoms with Crippen molar-refractivity contribution in [3.05, 3.63) is 95.1 Å². The third kappa shape index (κ3) is 4.57. The quantitative estimate of drug-likeness (QED) is 0.174. The molecule has 2 amide bonds. The average Bonchev–Trinajstić information content (AvgIpc) is 3.12. The number of nitrogens with zero attached hydrogens (tertiary/aromatic N) is 2. The highest BCUT2D eigenvalue weighted by Gasteiger charge is 2.35. The SMILES string of the molecule is COc1cc(/C=C(\C#N)c2ccccc2)ccc1OC(=O)CCN1C(=O)c2ccccc2C1=O. The van der Waals surface area contributed by atoms with Gasteiger partial charge in [-0.15, -0.1) is 0 Å². The van der Waals surface area contributed by atoms with Crippen LogP contribution in [0.15, 0.2) is 72.8 Å². The standard InChI is InChI=1S/C27H20N2O5/c1-33-24-16-18(15-20(17-28)19-7-3-2-4-8-19)11-12-23(24)34-25(30)13-14-29-26(31)21-9-5-6-10-22(21)27(29)32/h2-12,15-16H,13-14H2,1H3/b20-15+. The Hall–Kier alpha value is -4.70. The summed E-state index contributed by atoms with van der Waals surface area (Å²) in [7, 11) is 1.45. The van der Waals surface area contributed by atoms with Gasteiger partial charge in [0.2, 0.25) is 0 Å². The van der Waals surface area contributed by atoms with Gasteiger partial charge in [-0.2, -0.15) is 5.26 Å². The number of benzene rings is 3. The lowest BCUT2D eigenvalue weighted by atomic mass is 10.0. The van der Waals surface area contributed by atoms with Crippen LogP contribution in [0, 0.1) is 11.3 Å². The molecular formula is C27H20N2O5. The molecule has 0 aliphatic carbocycles. The minimum Gasteiger partial charge on any atom is -0.493 e. The Morgan fingerprint density at radius 1 is 0.941 bits per heavy atom. The minimum absolute atomic E-state index is 0.0864. The highest BCUT2D eigenvalue weighted by atomic mass is 16.6. The Morgan fingerprint density at radius 3 is 2.21 bits per heavy atom. The zero-order valence-corrected chi connectivity index (χ0v) is 18.4. The molecule has 7 nitrogen and oxygen atoms in total. The molecule has 3 aromatic rings. The summed E-state index contributed by atoms with van der Waals surface area (Å²) in [6.45, 7) is -0.0864. The van der Waals surface area contributed by atoms with Gasteiger partial charge >= 0.3 is 5.97 Å². The maximum atomic E-state index is 12.4. The second-order valence-electron chi connectivity index (χ2n) is 7.48. The van der Waals surface area contributed by atoms with Crippen LogP contribution >= 0.6 is 0 Å². The number of carbonyl (C=O) groups is 3. The molecule has 0 fully saturated rings. The van der Waals surface area contributed by atoms with Crippen LogP contribution < -0.4 is 9.47 Å². The van der Waals surface area contributed by atoms with E-state index in [4.69, 9.17) is 9.47 Å². The fraction of sp³-hybridized carbons (Fsp3) is 0.111. The van der Waals surface area contributed by atoms with E-state index in [1.165, 1.54) is 7.11 Å². The Balaban J connectivity index is 1.43. The molecule has 0 radical (unpaired) electrons. The molecule has 1 aliphatic heterocycles. The second-order valence-corrected chi connectivity index (χ2v) is 7.48. The third-order valence-electron chi connectivity index (χ3n) is 5.35. The number of hydrogen-bond donors (Lipinski definition) is 0. The van der Waals surface area contributed by atoms with E-state index in [1.54, 1.807) is 48.5 Å². The largest absolute Gasteiger partial charge is 0.493 e. The van der Waals surface area contributed by atoms with Crippen molar-refractivity contribution in [1.29, 1.82) is 5.26 Å². The van der Waals surface area contributed by atoms with Crippen molar-refractivity contribution < 1.29 is 23.9 Å². The first-order chi connectivity index (χ1) is 16.5. The van der Waals surface area contributed by atoms with Gasteiger partial charge < -0.3 is 9.47 Å². The van der Waals surface area contributed by atoms with Crippen molar-refractivity contribution in [2.75, 3.05) is 13.7 Å². The highest BCUT2D eigenvalue weighted by Crippen LogP contribution is 2.30. The lowest BCUT2D eigenvalue weighted by Crippen LogP contribution is -2.32. The summed E-state index contributed by atoms with van der Waals surface area (Å²) in [5.41, 5.74) is 2.63. The van der Waals surface area contributed by atoms with Gasteiger partial charge in [0.25, 0.3) is 11.8 Å². The van der Waals surface area contributed by atoms with Gasteiger partial charge in [-0.05, 0) is 41.5 Å². The van der Waals surface area contributed by atoms with E-state index in [-0.39, 0.29) is 18.7 Å². The Labute approximate surface area is 196 Å². The maximum Gasteiger partial charge on any atom is 0.313 e. The van der Waals surface area contributed by atoms with Crippen LogP contribution in [-0.4, -0.2) is 36.3 Å². The molecule has 1 aliphatic rings. The molecule has 0 atom stereocenters. The second kappa shape index (κ2) is 9.84. The molecule has 0 aromatic heterocycles. The monoisotopic (exact) mass is 452 g/mol. The molecule has 0 saturated carbocycles. The van der Waals surface area contributed by atoms with Crippen molar-refractivity contribution in [2.24, 2.45) is 0 Å². The Bertz CT molecular complexity index is 1300. The number of rotatable bonds is 7. The van der Waals surface area contributed by atoms with Crippen molar-refractivity contribution in [2.45, 2.75) is 6.42 Å². The molecule has 34 heavy (non-hydrogen) atoms. The zero-order valence-electron chi connectivity index (χ0n) is 18.4. The van der Waals surface area contributed by atoms with Crippen molar-refractivity contribution in [3.63, 3.8) is 0 Å². The summed E-state index contributed by atoms with van der Waals surface area (Å²) in [5, 5.41) is 9.51. The molecule has 4 rings (SSSR count). The van der Waals surface area contributed by atoms with Crippen LogP contribution in [0.5, 0.6) is 11.5 Å². The number of amides is 2. The summed E-state index contributed by atoms with van der Waals surface area (Å²) in [4.78, 5) is 38.4. The number of fused-ring (bicyclic) bond motifs is 1. The van der Waals surface area contributed by atoms with Crippen LogP contribution in [0.4, 0.5) is 0 Å². The lowest BCUT2D eigenvalue weighted by Gasteiger charge is -2.14. The summed E-state index contributed by atoms with van der Waals surface area (Å²) in [6.07, 6.45) is 1.55. The van der Waals surface area contributed by atoms with E-state index < -0.39 is 17.8 Å². The van der Waals surface area contributed by atoms with Crippen LogP contribution in [0.2, 0.25) is 0 Å². The smallest absolute Gasteiger partial charge is 0.313 e. The molecular weight excluding hydrogens is 432 g/mol. The topological polar surface area (TPSA) is 96.7 Å². The van der Waals surface area contributed by atoms with Crippen molar-refractivity contribution in [3.8, 4) is 17.6 Å². The molecule has 0 saturated heterocycles. The van der Waals surface area contributed by atoms with Crippen LogP contribution in [-0.2, 0) is 4.79 Å². The summed E-state index contributed by atoms with van der Waals surface area (Å²) in [6, 6.07) is 22.9. The van der Waals surface area contributed by atoms with Gasteiger partial charge in [-0.1, -0.05) is 48.5 Å². The molecule has 0 N–H and O–H groups in total. The first kappa shape index (κ1) is 22.5. The lowest BCUT2D eigenvalue weighted by molar-refractivity contribution is -0.134. The van der Waals surface area contributed by atoms with Gasteiger partial charge in [-0.3, -0.25) is 19.3 Å². The number of methoxy groups -OCH3 is 1. The van der Waals surface area contributed by atoms with E-state index in [2.05, 4.69) is 6.07 Å². The van der Waals surface area contributed by atoms with Crippen molar-refractivity contribution >= 4 is 29.4 Å². The van der Waals surface area contributed by atoms with E-state index >= 15 is 0 Å². The van der Waals surface area contributed by atoms with Crippen LogP contribution in [0.25, 0.3) is 11.6 Å². The predicted molar refractivity (Wildman–Crippen MR) is 125 cm³/mol. The summed E-state index contributed by atoms with van der Waals surface area (Å²) < 4.78 is 10.8. The van der Waals surface area contributed by atoms with Gasteiger partial charge in [-0.25, -0.2) is 0 Å². The van der Waals surface area contributed by atoms with Gasteiger partial charge in [0.1, 0.15) is 0 Å². The third-order valence-corrected chi connectivity index (χ3v) is 5.35. The van der Waals surface area contributed by atoms with E-state index in [9.17, 15) is 19.6 Å². The van der Waals surface area contributed by atoms with E-state index in [0.717, 1.165) is 10.5 Å². The van der Waals surface area contributed by atoms with E-state index in [0.29, 0.717) is 28.0 Å². The predicted octanol–water partition coefficient (Wildman–Crippen LogP) is 4.35. The maximum absolute atomic E-state index is 12.4. The molecule has 3 aromatic carbocycles. The number of hydrogen-bond acceptors (Lipinski definition) is 6. The average molecular weight is 452 g/mol. The van der Waals surface area contributed by atoms with Gasteiger partial charge in [0, 0.05) is 6.54 Å². The summed E-state index contributed by atoms with van der Waals surface area (Å²) in [5.74, 6) is -0.943. The van der Waals surface area contributed by atoms with Crippen molar-refractivity contribution in [1.82, 2.24) is 4.90 Å². The number of allylic oxidation sites excluding steroid dienone is 1. The number of imide groups is 1. The zero-order chi connectivity index (χ0) is 24.1. The molecule has 0 bridgehead atoms. The number of nitriles is 1. The van der Waals surface area contributed by atoms with Crippen LogP contribution in [0.3, 0.4) is 0 Å².